The fourth-order valence-corrected chi connectivity index (χ4v) is 4.10. The summed E-state index contributed by atoms with van der Waals surface area (Å²) in [5.74, 6) is 0.971. The Morgan fingerprint density at radius 3 is 2.76 bits per heavy atom. The lowest BCUT2D eigenvalue weighted by Crippen LogP contribution is -2.21. The second-order valence-electron chi connectivity index (χ2n) is 5.23. The fraction of sp³-hybridized carbons (Fsp3) is 0.615. The number of carboxylic acids is 1. The van der Waals surface area contributed by atoms with Crippen molar-refractivity contribution in [1.82, 2.24) is 4.90 Å². The van der Waals surface area contributed by atoms with Crippen LogP contribution >= 0.6 is 11.3 Å². The van der Waals surface area contributed by atoms with Crippen LogP contribution in [-0.2, 0) is 6.54 Å². The molecule has 0 spiro atoms. The van der Waals surface area contributed by atoms with Crippen molar-refractivity contribution >= 4 is 17.3 Å². The van der Waals surface area contributed by atoms with Crippen molar-refractivity contribution in [3.05, 3.63) is 21.9 Å². The van der Waals surface area contributed by atoms with E-state index in [0.29, 0.717) is 4.88 Å². The first-order valence-electron chi connectivity index (χ1n) is 6.26. The normalized spacial score (nSPS) is 28.5. The summed E-state index contributed by atoms with van der Waals surface area (Å²) < 4.78 is 0. The molecule has 2 aliphatic rings. The standard InChI is InChI=1S/C13H17NO2S/c15-13(16)12-11(4-5-17-12)8-14-6-9-2-1-3-10(9)7-14/h4-5,9-10H,1-3,6-8H2,(H,15,16). The van der Waals surface area contributed by atoms with Gasteiger partial charge in [-0.25, -0.2) is 4.79 Å². The van der Waals surface area contributed by atoms with Crippen LogP contribution in [0.1, 0.15) is 34.5 Å². The van der Waals surface area contributed by atoms with E-state index in [1.807, 2.05) is 11.4 Å². The number of carboxylic acid groups (broad SMARTS) is 1. The maximum absolute atomic E-state index is 11.0. The highest BCUT2D eigenvalue weighted by Gasteiger charge is 2.36. The van der Waals surface area contributed by atoms with Gasteiger partial charge in [-0.05, 0) is 41.7 Å². The minimum absolute atomic E-state index is 0.516. The first kappa shape index (κ1) is 11.2. The van der Waals surface area contributed by atoms with Crippen LogP contribution in [0.5, 0.6) is 0 Å². The van der Waals surface area contributed by atoms with Crippen LogP contribution < -0.4 is 0 Å². The van der Waals surface area contributed by atoms with Crippen LogP contribution in [-0.4, -0.2) is 29.1 Å². The molecule has 2 heterocycles. The molecule has 1 N–H and O–H groups in total. The Hall–Kier alpha value is -0.870. The Kier molecular flexibility index (Phi) is 2.92. The van der Waals surface area contributed by atoms with Crippen LogP contribution in [0.2, 0.25) is 0 Å². The van der Waals surface area contributed by atoms with Crippen LogP contribution in [0.4, 0.5) is 0 Å². The number of hydrogen-bond acceptors (Lipinski definition) is 3. The van der Waals surface area contributed by atoms with Gasteiger partial charge in [-0.3, -0.25) is 4.90 Å². The molecule has 1 aromatic heterocycles. The number of aromatic carboxylic acids is 1. The zero-order chi connectivity index (χ0) is 11.8. The van der Waals surface area contributed by atoms with E-state index < -0.39 is 5.97 Å². The van der Waals surface area contributed by atoms with Crippen molar-refractivity contribution in [3.8, 4) is 0 Å². The van der Waals surface area contributed by atoms with E-state index >= 15 is 0 Å². The van der Waals surface area contributed by atoms with Gasteiger partial charge in [0, 0.05) is 19.6 Å². The molecule has 2 unspecified atom stereocenters. The minimum atomic E-state index is -0.783. The topological polar surface area (TPSA) is 40.5 Å². The fourth-order valence-electron chi connectivity index (χ4n) is 3.35. The van der Waals surface area contributed by atoms with Crippen molar-refractivity contribution in [2.75, 3.05) is 13.1 Å². The summed E-state index contributed by atoms with van der Waals surface area (Å²) in [5, 5.41) is 11.0. The predicted octanol–water partition coefficient (Wildman–Crippen LogP) is 2.68. The smallest absolute Gasteiger partial charge is 0.346 e. The molecular weight excluding hydrogens is 234 g/mol. The van der Waals surface area contributed by atoms with Gasteiger partial charge in [0.1, 0.15) is 4.88 Å². The summed E-state index contributed by atoms with van der Waals surface area (Å²) in [6.45, 7) is 3.15. The lowest BCUT2D eigenvalue weighted by molar-refractivity contribution is 0.0700. The van der Waals surface area contributed by atoms with Gasteiger partial charge < -0.3 is 5.11 Å². The highest BCUT2D eigenvalue weighted by atomic mass is 32.1. The summed E-state index contributed by atoms with van der Waals surface area (Å²) in [5.41, 5.74) is 0.988. The Morgan fingerprint density at radius 1 is 1.41 bits per heavy atom. The zero-order valence-electron chi connectivity index (χ0n) is 9.76. The van der Waals surface area contributed by atoms with Crippen molar-refractivity contribution in [3.63, 3.8) is 0 Å². The average molecular weight is 251 g/mol. The van der Waals surface area contributed by atoms with Gasteiger partial charge in [0.2, 0.25) is 0 Å². The van der Waals surface area contributed by atoms with Gasteiger partial charge >= 0.3 is 5.97 Å². The molecule has 0 amide bonds. The molecule has 0 bridgehead atoms. The minimum Gasteiger partial charge on any atom is -0.477 e. The van der Waals surface area contributed by atoms with Gasteiger partial charge in [0.05, 0.1) is 0 Å². The van der Waals surface area contributed by atoms with E-state index in [2.05, 4.69) is 4.90 Å². The van der Waals surface area contributed by atoms with Gasteiger partial charge in [-0.1, -0.05) is 6.42 Å². The summed E-state index contributed by atoms with van der Waals surface area (Å²) in [6, 6.07) is 1.96. The third kappa shape index (κ3) is 2.11. The predicted molar refractivity (Wildman–Crippen MR) is 67.4 cm³/mol. The number of hydrogen-bond donors (Lipinski definition) is 1. The number of likely N-dealkylation sites (tertiary alicyclic amines) is 1. The van der Waals surface area contributed by atoms with Crippen LogP contribution in [0.25, 0.3) is 0 Å². The molecule has 3 nitrogen and oxygen atoms in total. The Bertz CT molecular complexity index is 417. The van der Waals surface area contributed by atoms with E-state index in [4.69, 9.17) is 5.11 Å². The van der Waals surface area contributed by atoms with Gasteiger partial charge in [-0.2, -0.15) is 0 Å². The van der Waals surface area contributed by atoms with Crippen molar-refractivity contribution in [2.24, 2.45) is 11.8 Å². The molecule has 4 heteroatoms. The zero-order valence-corrected chi connectivity index (χ0v) is 10.6. The third-order valence-electron chi connectivity index (χ3n) is 4.14. The highest BCUT2D eigenvalue weighted by molar-refractivity contribution is 7.12. The van der Waals surface area contributed by atoms with Crippen LogP contribution in [0.15, 0.2) is 11.4 Å². The highest BCUT2D eigenvalue weighted by Crippen LogP contribution is 2.38. The van der Waals surface area contributed by atoms with Crippen LogP contribution in [0, 0.1) is 11.8 Å². The van der Waals surface area contributed by atoms with Crippen molar-refractivity contribution < 1.29 is 9.90 Å². The van der Waals surface area contributed by atoms with E-state index in [1.165, 1.54) is 43.7 Å². The molecule has 1 aliphatic carbocycles. The molecular formula is C13H17NO2S. The molecule has 3 rings (SSSR count). The van der Waals surface area contributed by atoms with Gasteiger partial charge in [-0.15, -0.1) is 11.3 Å². The van der Waals surface area contributed by atoms with E-state index in [0.717, 1.165) is 23.9 Å². The van der Waals surface area contributed by atoms with Crippen molar-refractivity contribution in [1.29, 1.82) is 0 Å². The number of rotatable bonds is 3. The molecule has 92 valence electrons. The maximum Gasteiger partial charge on any atom is 0.346 e. The molecule has 1 aliphatic heterocycles. The lowest BCUT2D eigenvalue weighted by Gasteiger charge is -2.16. The first-order chi connectivity index (χ1) is 8.24. The largest absolute Gasteiger partial charge is 0.477 e. The molecule has 1 saturated heterocycles. The second-order valence-corrected chi connectivity index (χ2v) is 6.14. The summed E-state index contributed by atoms with van der Waals surface area (Å²) >= 11 is 1.34. The first-order valence-corrected chi connectivity index (χ1v) is 7.14. The number of thiophene rings is 1. The quantitative estimate of drug-likeness (QED) is 0.898. The second kappa shape index (κ2) is 4.42. The monoisotopic (exact) mass is 251 g/mol. The molecule has 0 aromatic carbocycles. The Morgan fingerprint density at radius 2 is 2.12 bits per heavy atom. The maximum atomic E-state index is 11.0. The molecule has 17 heavy (non-hydrogen) atoms. The number of nitrogens with zero attached hydrogens (tertiary/aromatic N) is 1. The number of fused-ring (bicyclic) bond motifs is 1. The van der Waals surface area contributed by atoms with Gasteiger partial charge in [0.25, 0.3) is 0 Å². The van der Waals surface area contributed by atoms with E-state index in [-0.39, 0.29) is 0 Å². The van der Waals surface area contributed by atoms with E-state index in [1.54, 1.807) is 0 Å². The van der Waals surface area contributed by atoms with E-state index in [9.17, 15) is 4.79 Å². The summed E-state index contributed by atoms with van der Waals surface area (Å²) in [4.78, 5) is 14.0. The molecule has 2 atom stereocenters. The molecule has 0 radical (unpaired) electrons. The third-order valence-corrected chi connectivity index (χ3v) is 5.08. The molecule has 2 fully saturated rings. The van der Waals surface area contributed by atoms with Crippen LogP contribution in [0.3, 0.4) is 0 Å². The SMILES string of the molecule is O=C(O)c1sccc1CN1CC2CCCC2C1. The van der Waals surface area contributed by atoms with Crippen molar-refractivity contribution in [2.45, 2.75) is 25.8 Å². The lowest BCUT2D eigenvalue weighted by atomic mass is 10.0. The Labute approximate surface area is 105 Å². The molecule has 1 saturated carbocycles. The molecule has 1 aromatic rings. The summed E-state index contributed by atoms with van der Waals surface area (Å²) in [7, 11) is 0. The Balaban J connectivity index is 1.67. The average Bonchev–Trinajstić information content (AvgIpc) is 2.91. The number of carbonyl (C=O) groups is 1. The summed E-state index contributed by atoms with van der Waals surface area (Å²) in [6.07, 6.45) is 4.13. The van der Waals surface area contributed by atoms with Gasteiger partial charge in [0.15, 0.2) is 0 Å².